The summed E-state index contributed by atoms with van der Waals surface area (Å²) in [7, 11) is 5.56. The Kier molecular flexibility index (Phi) is 44.1. The van der Waals surface area contributed by atoms with Gasteiger partial charge in [-0.25, -0.2) is 14.4 Å². The summed E-state index contributed by atoms with van der Waals surface area (Å²) in [4.78, 5) is 67.1. The van der Waals surface area contributed by atoms with E-state index in [1.54, 1.807) is 64.1 Å². The molecule has 108 heavy (non-hydrogen) atoms. The molecule has 586 valence electrons. The lowest BCUT2D eigenvalue weighted by Gasteiger charge is -2.18. The van der Waals surface area contributed by atoms with Crippen molar-refractivity contribution in [3.8, 4) is 11.1 Å². The number of aromatic nitrogens is 6. The number of hydrogen-bond donors (Lipinski definition) is 7. The lowest BCUT2D eigenvalue weighted by atomic mass is 9.81. The molecule has 11 aromatic rings. The maximum Gasteiger partial charge on any atom is 0.488 e. The van der Waals surface area contributed by atoms with E-state index in [2.05, 4.69) is 219 Å². The number of nitrogens with zero attached hydrogens (tertiary/aromatic N) is 7. The third-order valence-corrected chi connectivity index (χ3v) is 19.0. The van der Waals surface area contributed by atoms with E-state index in [1.807, 2.05) is 103 Å². The molecule has 0 radical (unpaired) electrons. The normalized spacial score (nSPS) is 10.4. The van der Waals surface area contributed by atoms with Crippen molar-refractivity contribution in [3.05, 3.63) is 261 Å². The fourth-order valence-corrected chi connectivity index (χ4v) is 11.0. The minimum Gasteiger partial charge on any atom is -0.481 e. The van der Waals surface area contributed by atoms with Crippen molar-refractivity contribution in [2.24, 2.45) is 43.1 Å². The number of alkyl halides is 1. The number of nitrogens with two attached hydrogens (primary N) is 2. The van der Waals surface area contributed by atoms with Gasteiger partial charge in [0.1, 0.15) is 0 Å². The van der Waals surface area contributed by atoms with Crippen molar-refractivity contribution >= 4 is 171 Å². The number of aryl methyl sites for hydroxylation is 5. The van der Waals surface area contributed by atoms with Gasteiger partial charge in [0, 0.05) is 97.9 Å². The van der Waals surface area contributed by atoms with Crippen molar-refractivity contribution in [2.75, 3.05) is 23.8 Å². The number of nitro groups is 2. The average molecular weight is 1930 g/mol. The van der Waals surface area contributed by atoms with Gasteiger partial charge in [-0.3, -0.25) is 47.9 Å². The number of benzene rings is 8. The quantitative estimate of drug-likeness (QED) is 0.0186. The number of aliphatic hydroxyl groups is 1. The van der Waals surface area contributed by atoms with Crippen LogP contribution in [0.1, 0.15) is 101 Å². The van der Waals surface area contributed by atoms with Crippen LogP contribution in [0.2, 0.25) is 0 Å². The molecule has 0 fully saturated rings. The highest BCUT2D eigenvalue weighted by Gasteiger charge is 2.20. The molecule has 3 heterocycles. The summed E-state index contributed by atoms with van der Waals surface area (Å²) in [6.45, 7) is 28.0. The number of nitrogen functional groups attached to an aromatic ring is 1. The fourth-order valence-electron chi connectivity index (χ4n) is 9.20. The van der Waals surface area contributed by atoms with E-state index in [1.165, 1.54) is 34.7 Å². The van der Waals surface area contributed by atoms with Gasteiger partial charge >= 0.3 is 29.9 Å². The van der Waals surface area contributed by atoms with Crippen molar-refractivity contribution in [1.29, 1.82) is 0 Å². The minimum atomic E-state index is -1.34. The first kappa shape index (κ1) is 98.6. The van der Waals surface area contributed by atoms with Crippen molar-refractivity contribution in [3.63, 3.8) is 0 Å². The molecule has 0 aliphatic carbocycles. The minimum absolute atomic E-state index is 0.0491. The fraction of sp³-hybridized carbons (Fsp3) is 0.333. The van der Waals surface area contributed by atoms with Gasteiger partial charge in [-0.2, -0.15) is 4.39 Å². The maximum atomic E-state index is 12.6. The molecule has 22 nitrogen and oxygen atoms in total. The van der Waals surface area contributed by atoms with Crippen LogP contribution in [0.15, 0.2) is 207 Å². The second-order valence-corrected chi connectivity index (χ2v) is 32.4. The number of aliphatic hydroxyl groups excluding tert-OH is 1. The predicted molar refractivity (Wildman–Crippen MR) is 467 cm³/mol. The lowest BCUT2D eigenvalue weighted by Crippen LogP contribution is -2.29. The Morgan fingerprint density at radius 3 is 1.31 bits per heavy atom. The SMILES string of the molecule is CC(=O)O.CC(C)(C)CI.CCO.CCc1cc(Br)ccc1N.CCc1cc(Br)ccc1[N+](=O)[O-].CN.Cn1c(=O)[nH]c2ccc(Br)cc21.Cn1c(=O)n(CC(C)(C)C)c2ccc(-c3ccccc3)cc21.Cn1c(=O)n(CC(C)(C)C)c2ccc(Br)cc21.O=[N+]([O-])c1ccc(Br)cc1F.OB(O)c1ccccc1. The molecule has 11 rings (SSSR count). The van der Waals surface area contributed by atoms with Crippen LogP contribution in [-0.2, 0) is 51.9 Å². The maximum absolute atomic E-state index is 12.6. The van der Waals surface area contributed by atoms with Gasteiger partial charge in [0.15, 0.2) is 0 Å². The summed E-state index contributed by atoms with van der Waals surface area (Å²) in [5.74, 6) is -1.66. The number of H-pyrrole nitrogens is 1. The number of halogens is 7. The van der Waals surface area contributed by atoms with Gasteiger partial charge in [0.05, 0.1) is 42.9 Å². The number of nitro benzene ring substituents is 2. The van der Waals surface area contributed by atoms with E-state index in [-0.39, 0.29) is 45.1 Å². The Hall–Kier alpha value is -7.40. The topological polar surface area (TPSA) is 328 Å². The first-order chi connectivity index (χ1) is 50.3. The van der Waals surface area contributed by atoms with Gasteiger partial charge in [-0.1, -0.05) is 245 Å². The number of fused-ring (bicyclic) bond motifs is 3. The molecule has 30 heteroatoms. The molecule has 0 aliphatic heterocycles. The number of aromatic amines is 1. The van der Waals surface area contributed by atoms with Gasteiger partial charge in [-0.15, -0.1) is 0 Å². The summed E-state index contributed by atoms with van der Waals surface area (Å²) in [6.07, 6.45) is 1.67. The summed E-state index contributed by atoms with van der Waals surface area (Å²) < 4.78 is 27.1. The highest BCUT2D eigenvalue weighted by atomic mass is 127. The number of anilines is 1. The van der Waals surface area contributed by atoms with Crippen molar-refractivity contribution < 1.29 is 39.3 Å². The molecule has 0 amide bonds. The molecule has 0 saturated heterocycles. The van der Waals surface area contributed by atoms with Gasteiger partial charge in [0.25, 0.3) is 11.7 Å². The molecule has 3 aromatic heterocycles. The summed E-state index contributed by atoms with van der Waals surface area (Å²) in [5.41, 5.74) is 22.0. The van der Waals surface area contributed by atoms with Crippen LogP contribution in [-0.4, -0.2) is 89.1 Å². The molecule has 8 aromatic carbocycles. The third-order valence-electron chi connectivity index (χ3n) is 14.2. The summed E-state index contributed by atoms with van der Waals surface area (Å²) in [6, 6.07) is 51.3. The van der Waals surface area contributed by atoms with Crippen LogP contribution >= 0.6 is 102 Å². The largest absolute Gasteiger partial charge is 0.488 e. The number of carbonyl (C=O) groups is 1. The van der Waals surface area contributed by atoms with Crippen LogP contribution in [0.3, 0.4) is 0 Å². The Bertz CT molecular complexity index is 4820. The molecular weight excluding hydrogens is 1830 g/mol. The average Bonchev–Trinajstić information content (AvgIpc) is 1.62. The number of carboxylic acids is 1. The third kappa shape index (κ3) is 35.1. The monoisotopic (exact) mass is 1920 g/mol. The van der Waals surface area contributed by atoms with E-state index in [4.69, 9.17) is 30.8 Å². The molecule has 0 atom stereocenters. The number of aliphatic carboxylic acids is 1. The summed E-state index contributed by atoms with van der Waals surface area (Å²) >= 11 is 18.8. The van der Waals surface area contributed by atoms with E-state index < -0.39 is 29.5 Å². The molecule has 0 spiro atoms. The van der Waals surface area contributed by atoms with Crippen molar-refractivity contribution in [1.82, 2.24) is 27.8 Å². The number of hydrogen-bond acceptors (Lipinski definition) is 13. The second-order valence-electron chi connectivity index (χ2n) is 27.1. The highest BCUT2D eigenvalue weighted by Crippen LogP contribution is 2.28. The van der Waals surface area contributed by atoms with Crippen LogP contribution in [0.25, 0.3) is 44.2 Å². The molecular formula is C78H100BBr5FIN10O12. The molecule has 9 N–H and O–H groups in total. The molecule has 0 aliphatic rings. The predicted octanol–water partition coefficient (Wildman–Crippen LogP) is 18.3. The molecule has 0 unspecified atom stereocenters. The molecule has 0 saturated carbocycles. The van der Waals surface area contributed by atoms with Gasteiger partial charge in [0.2, 0.25) is 5.82 Å². The molecule has 0 bridgehead atoms. The number of rotatable bonds is 8. The first-order valence-electron chi connectivity index (χ1n) is 33.7. The van der Waals surface area contributed by atoms with E-state index >= 15 is 0 Å². The summed E-state index contributed by atoms with van der Waals surface area (Å²) in [5, 5.41) is 52.7. The number of nitrogens with one attached hydrogen (secondary N) is 1. The highest BCUT2D eigenvalue weighted by molar-refractivity contribution is 14.1. The lowest BCUT2D eigenvalue weighted by molar-refractivity contribution is -0.387. The van der Waals surface area contributed by atoms with Crippen LogP contribution in [0.4, 0.5) is 21.5 Å². The van der Waals surface area contributed by atoms with Gasteiger partial charge in [-0.05, 0) is 156 Å². The van der Waals surface area contributed by atoms with E-state index in [0.29, 0.717) is 28.3 Å². The number of carboxylic acid groups (broad SMARTS) is 1. The zero-order chi connectivity index (χ0) is 82.7. The van der Waals surface area contributed by atoms with Crippen LogP contribution in [0, 0.1) is 42.3 Å². The Morgan fingerprint density at radius 1 is 0.537 bits per heavy atom. The standard InChI is InChI=1S/C19H22N2O.C13H17BrN2O.C8H7BrN2O.C8H8BrNO2.C8H10BrN.C6H7BO2.C6H3BrFNO2.C5H11I.C2H4O2.C2H6O.CH5N/c1-19(2,3)13-21-16-11-10-15(14-8-6-5-7-9-14)12-17(16)20(4)18(21)22;1-13(2,3)8-16-10-6-5-9(14)7-11(10)15(4)12(16)17;1-11-7-4-5(9)2-3-6(7)10-8(11)12;1-2-6-5-7(9)3-4-8(6)10(11)12;1-2-6-5-7(9)3-4-8(6)10;8-7(9)6-4-2-1-3-5-6;7-4-1-2-6(9(10)11)5(8)3-4;1-5(2,3)4-6;1-2(3)4;1-2-3;1-2/h5-12H,13H2,1-4H3;5-7H,8H2,1-4H3;2-4H,1H3,(H,10,12);3-5H,2H2,1H3;3-5H,2,10H2,1H3;1-5,8-9H;1-3H;4H2,1-3H3;1H3,(H,3,4);3H,2H2,1H3;2H2,1H3. The Balaban J connectivity index is 0.000000621. The Labute approximate surface area is 687 Å². The first-order valence-corrected chi connectivity index (χ1v) is 39.2. The number of imidazole rings is 3. The van der Waals surface area contributed by atoms with Crippen LogP contribution < -0.4 is 34.0 Å². The second kappa shape index (κ2) is 48.3. The smallest absolute Gasteiger partial charge is 0.481 e. The van der Waals surface area contributed by atoms with E-state index in [0.717, 1.165) is 99.8 Å². The zero-order valence-electron chi connectivity index (χ0n) is 64.0. The van der Waals surface area contributed by atoms with E-state index in [9.17, 15) is 39.0 Å². The Morgan fingerprint density at radius 2 is 0.907 bits per heavy atom. The van der Waals surface area contributed by atoms with Crippen LogP contribution in [0.5, 0.6) is 0 Å². The van der Waals surface area contributed by atoms with Crippen molar-refractivity contribution in [2.45, 2.75) is 116 Å². The zero-order valence-corrected chi connectivity index (χ0v) is 74.1. The van der Waals surface area contributed by atoms with Gasteiger partial charge < -0.3 is 36.7 Å².